The lowest BCUT2D eigenvalue weighted by atomic mass is 10.1. The van der Waals surface area contributed by atoms with Crippen LogP contribution in [0.3, 0.4) is 0 Å². The van der Waals surface area contributed by atoms with Gasteiger partial charge in [0, 0.05) is 10.9 Å². The van der Waals surface area contributed by atoms with E-state index in [1.54, 1.807) is 16.7 Å². The minimum Gasteiger partial charge on any atom is -0.494 e. The van der Waals surface area contributed by atoms with Crippen LogP contribution in [0.1, 0.15) is 11.4 Å². The lowest BCUT2D eigenvalue weighted by molar-refractivity contribution is 0.443. The first-order valence-electron chi connectivity index (χ1n) is 5.63. The minimum atomic E-state index is 0.220. The number of aromatic nitrogens is 2. The molecule has 1 N–H and O–H groups in total. The van der Waals surface area contributed by atoms with Crippen LogP contribution in [0, 0.1) is 0 Å². The third-order valence-corrected chi connectivity index (χ3v) is 3.41. The van der Waals surface area contributed by atoms with E-state index < -0.39 is 0 Å². The molecule has 0 fully saturated rings. The van der Waals surface area contributed by atoms with Crippen LogP contribution in [-0.4, -0.2) is 14.5 Å². The van der Waals surface area contributed by atoms with Crippen LogP contribution in [0.5, 0.6) is 5.88 Å². The van der Waals surface area contributed by atoms with Gasteiger partial charge in [0.25, 0.3) is 0 Å². The number of hydrogen-bond acceptors (Lipinski definition) is 2. The fourth-order valence-corrected chi connectivity index (χ4v) is 2.27. The molecule has 0 saturated carbocycles. The van der Waals surface area contributed by atoms with E-state index in [1.807, 2.05) is 36.4 Å². The maximum atomic E-state index is 9.88. The van der Waals surface area contributed by atoms with E-state index in [4.69, 9.17) is 0 Å². The molecule has 3 nitrogen and oxygen atoms in total. The Bertz CT molecular complexity index is 689. The topological polar surface area (TPSA) is 37.5 Å². The first kappa shape index (κ1) is 11.3. The van der Waals surface area contributed by atoms with Gasteiger partial charge in [0.1, 0.15) is 5.82 Å². The number of imidazole rings is 1. The summed E-state index contributed by atoms with van der Waals surface area (Å²) in [6.07, 6.45) is 2.47. The molecule has 1 aromatic carbocycles. The van der Waals surface area contributed by atoms with E-state index >= 15 is 0 Å². The van der Waals surface area contributed by atoms with Crippen LogP contribution < -0.4 is 0 Å². The van der Waals surface area contributed by atoms with Gasteiger partial charge in [-0.1, -0.05) is 34.1 Å². The van der Waals surface area contributed by atoms with Gasteiger partial charge in [-0.3, -0.25) is 4.40 Å². The first-order chi connectivity index (χ1) is 8.74. The van der Waals surface area contributed by atoms with Crippen LogP contribution in [-0.2, 0) is 6.42 Å². The van der Waals surface area contributed by atoms with E-state index in [9.17, 15) is 5.11 Å². The molecule has 2 heterocycles. The van der Waals surface area contributed by atoms with Gasteiger partial charge in [-0.2, -0.15) is 0 Å². The van der Waals surface area contributed by atoms with Gasteiger partial charge in [-0.05, 0) is 29.8 Å². The van der Waals surface area contributed by atoms with Crippen molar-refractivity contribution in [1.29, 1.82) is 0 Å². The molecule has 0 radical (unpaired) electrons. The van der Waals surface area contributed by atoms with Crippen molar-refractivity contribution in [3.05, 3.63) is 64.5 Å². The summed E-state index contributed by atoms with van der Waals surface area (Å²) in [6, 6.07) is 13.5. The lowest BCUT2D eigenvalue weighted by Gasteiger charge is -2.04. The van der Waals surface area contributed by atoms with Crippen molar-refractivity contribution in [3.63, 3.8) is 0 Å². The molecule has 3 rings (SSSR count). The summed E-state index contributed by atoms with van der Waals surface area (Å²) in [5.74, 6) is 1.06. The second kappa shape index (κ2) is 4.46. The summed E-state index contributed by atoms with van der Waals surface area (Å²) in [4.78, 5) is 4.37. The zero-order valence-electron chi connectivity index (χ0n) is 9.55. The molecule has 0 unspecified atom stereocenters. The van der Waals surface area contributed by atoms with Gasteiger partial charge < -0.3 is 5.11 Å². The summed E-state index contributed by atoms with van der Waals surface area (Å²) < 4.78 is 2.82. The van der Waals surface area contributed by atoms with Crippen LogP contribution in [0.15, 0.2) is 53.1 Å². The van der Waals surface area contributed by atoms with Crippen LogP contribution in [0.2, 0.25) is 0 Å². The van der Waals surface area contributed by atoms with Crippen LogP contribution >= 0.6 is 15.9 Å². The Labute approximate surface area is 113 Å². The SMILES string of the molecule is Oc1cccc2cnc(Cc3ccc(Br)cc3)n12. The number of rotatable bonds is 2. The van der Waals surface area contributed by atoms with Crippen molar-refractivity contribution in [2.24, 2.45) is 0 Å². The molecule has 0 aliphatic rings. The molecule has 0 atom stereocenters. The zero-order chi connectivity index (χ0) is 12.5. The Morgan fingerprint density at radius 1 is 1.11 bits per heavy atom. The van der Waals surface area contributed by atoms with E-state index in [0.29, 0.717) is 6.42 Å². The summed E-state index contributed by atoms with van der Waals surface area (Å²) >= 11 is 3.41. The summed E-state index contributed by atoms with van der Waals surface area (Å²) in [5, 5.41) is 9.88. The van der Waals surface area contributed by atoms with Gasteiger partial charge in [0.05, 0.1) is 11.7 Å². The molecule has 2 aromatic heterocycles. The molecular formula is C14H11BrN2O. The van der Waals surface area contributed by atoms with Crippen molar-refractivity contribution < 1.29 is 5.11 Å². The molecule has 18 heavy (non-hydrogen) atoms. The number of benzene rings is 1. The predicted molar refractivity (Wildman–Crippen MR) is 73.8 cm³/mol. The first-order valence-corrected chi connectivity index (χ1v) is 6.42. The van der Waals surface area contributed by atoms with E-state index in [0.717, 1.165) is 21.4 Å². The average Bonchev–Trinajstić information content (AvgIpc) is 2.77. The number of hydrogen-bond donors (Lipinski definition) is 1. The fourth-order valence-electron chi connectivity index (χ4n) is 2.00. The van der Waals surface area contributed by atoms with Crippen molar-refractivity contribution in [2.75, 3.05) is 0 Å². The summed E-state index contributed by atoms with van der Waals surface area (Å²) in [7, 11) is 0. The normalized spacial score (nSPS) is 10.9. The minimum absolute atomic E-state index is 0.220. The van der Waals surface area contributed by atoms with E-state index in [2.05, 4.69) is 20.9 Å². The van der Waals surface area contributed by atoms with E-state index in [1.165, 1.54) is 0 Å². The number of halogens is 1. The third kappa shape index (κ3) is 1.99. The zero-order valence-corrected chi connectivity index (χ0v) is 11.1. The molecule has 0 spiro atoms. The number of fused-ring (bicyclic) bond motifs is 1. The van der Waals surface area contributed by atoms with Gasteiger partial charge in [0.15, 0.2) is 5.88 Å². The Kier molecular flexibility index (Phi) is 2.80. The number of pyridine rings is 1. The maximum Gasteiger partial charge on any atom is 0.197 e. The Morgan fingerprint density at radius 3 is 2.67 bits per heavy atom. The molecule has 0 saturated heterocycles. The molecule has 4 heteroatoms. The summed E-state index contributed by atoms with van der Waals surface area (Å²) in [5.41, 5.74) is 2.07. The molecule has 90 valence electrons. The molecule has 0 bridgehead atoms. The largest absolute Gasteiger partial charge is 0.494 e. The number of aromatic hydroxyl groups is 1. The van der Waals surface area contributed by atoms with Crippen molar-refractivity contribution in [3.8, 4) is 5.88 Å². The number of nitrogens with zero attached hydrogens (tertiary/aromatic N) is 2. The Morgan fingerprint density at radius 2 is 1.89 bits per heavy atom. The molecule has 0 aliphatic heterocycles. The second-order valence-electron chi connectivity index (χ2n) is 4.12. The monoisotopic (exact) mass is 302 g/mol. The smallest absolute Gasteiger partial charge is 0.197 e. The second-order valence-corrected chi connectivity index (χ2v) is 5.04. The highest BCUT2D eigenvalue weighted by atomic mass is 79.9. The van der Waals surface area contributed by atoms with Gasteiger partial charge in [-0.15, -0.1) is 0 Å². The predicted octanol–water partition coefficient (Wildman–Crippen LogP) is 3.39. The Balaban J connectivity index is 2.02. The van der Waals surface area contributed by atoms with E-state index in [-0.39, 0.29) is 5.88 Å². The van der Waals surface area contributed by atoms with Crippen LogP contribution in [0.4, 0.5) is 0 Å². The van der Waals surface area contributed by atoms with Gasteiger partial charge in [0.2, 0.25) is 0 Å². The highest BCUT2D eigenvalue weighted by Gasteiger charge is 2.07. The van der Waals surface area contributed by atoms with Gasteiger partial charge in [-0.25, -0.2) is 4.98 Å². The lowest BCUT2D eigenvalue weighted by Crippen LogP contribution is -1.96. The molecule has 0 amide bonds. The standard InChI is InChI=1S/C14H11BrN2O/c15-11-6-4-10(5-7-11)8-13-16-9-12-2-1-3-14(18)17(12)13/h1-7,9,18H,8H2. The van der Waals surface area contributed by atoms with Gasteiger partial charge >= 0.3 is 0 Å². The fraction of sp³-hybridized carbons (Fsp3) is 0.0714. The van der Waals surface area contributed by atoms with Crippen molar-refractivity contribution >= 4 is 21.4 Å². The maximum absolute atomic E-state index is 9.88. The van der Waals surface area contributed by atoms with Crippen molar-refractivity contribution in [1.82, 2.24) is 9.38 Å². The van der Waals surface area contributed by atoms with Crippen molar-refractivity contribution in [2.45, 2.75) is 6.42 Å². The van der Waals surface area contributed by atoms with Crippen LogP contribution in [0.25, 0.3) is 5.52 Å². The average molecular weight is 303 g/mol. The highest BCUT2D eigenvalue weighted by Crippen LogP contribution is 2.19. The molecule has 0 aliphatic carbocycles. The third-order valence-electron chi connectivity index (χ3n) is 2.88. The molecule has 3 aromatic rings. The summed E-state index contributed by atoms with van der Waals surface area (Å²) in [6.45, 7) is 0. The quantitative estimate of drug-likeness (QED) is 0.788. The Hall–Kier alpha value is -1.81. The highest BCUT2D eigenvalue weighted by molar-refractivity contribution is 9.10. The molecular weight excluding hydrogens is 292 g/mol.